The molecule has 0 aromatic heterocycles. The Morgan fingerprint density at radius 2 is 1.53 bits per heavy atom. The van der Waals surface area contributed by atoms with Crippen LogP contribution in [0.3, 0.4) is 0 Å². The summed E-state index contributed by atoms with van der Waals surface area (Å²) in [4.78, 5) is 12.4. The average Bonchev–Trinajstić information content (AvgIpc) is 2.81. The van der Waals surface area contributed by atoms with Crippen LogP contribution in [0.4, 0.5) is 0 Å². The van der Waals surface area contributed by atoms with E-state index in [0.29, 0.717) is 5.56 Å². The van der Waals surface area contributed by atoms with Gasteiger partial charge in [-0.1, -0.05) is 18.2 Å². The summed E-state index contributed by atoms with van der Waals surface area (Å²) in [5.41, 5.74) is 0.304. The fourth-order valence-electron chi connectivity index (χ4n) is 3.75. The van der Waals surface area contributed by atoms with Crippen LogP contribution in [0.25, 0.3) is 0 Å². The third-order valence-electron chi connectivity index (χ3n) is 5.56. The van der Waals surface area contributed by atoms with Gasteiger partial charge in [0.15, 0.2) is 12.5 Å². The normalized spacial score (nSPS) is 40.1. The Labute approximate surface area is 183 Å². The average molecular weight is 459 g/mol. The van der Waals surface area contributed by atoms with Crippen molar-refractivity contribution in [1.82, 2.24) is 5.32 Å². The van der Waals surface area contributed by atoms with Crippen molar-refractivity contribution in [3.63, 3.8) is 0 Å². The standard InChI is InChI=1S/C20H29NO11/c1-29-17-13(25)12(24)10(7-22)31-20(17)32-16-11(8-23)30-19(15(27)14(16)26)21-18(28)9-5-3-2-4-6-9/h2-6,10-17,19-20,22-27H,7-8H2,1H3,(H,21,28)/t10-,11-,12+,13+,14-,15-,16+,17-,19-,20-/m1/s1. The molecule has 10 atom stereocenters. The Bertz CT molecular complexity index is 736. The van der Waals surface area contributed by atoms with Crippen molar-refractivity contribution in [2.45, 2.75) is 61.3 Å². The second-order valence-electron chi connectivity index (χ2n) is 7.61. The van der Waals surface area contributed by atoms with Gasteiger partial charge in [0, 0.05) is 12.7 Å². The molecule has 12 nitrogen and oxygen atoms in total. The first-order valence-electron chi connectivity index (χ1n) is 10.1. The summed E-state index contributed by atoms with van der Waals surface area (Å²) in [6.45, 7) is -1.27. The van der Waals surface area contributed by atoms with Crippen LogP contribution in [0, 0.1) is 0 Å². The Morgan fingerprint density at radius 3 is 2.12 bits per heavy atom. The number of ether oxygens (including phenoxy) is 4. The Kier molecular flexibility index (Phi) is 8.52. The van der Waals surface area contributed by atoms with Gasteiger partial charge >= 0.3 is 0 Å². The molecule has 12 heteroatoms. The smallest absolute Gasteiger partial charge is 0.253 e. The number of benzene rings is 1. The van der Waals surface area contributed by atoms with E-state index >= 15 is 0 Å². The molecule has 2 heterocycles. The maximum atomic E-state index is 12.4. The first-order valence-corrected chi connectivity index (χ1v) is 10.1. The number of rotatable bonds is 7. The van der Waals surface area contributed by atoms with E-state index in [4.69, 9.17) is 18.9 Å². The molecule has 1 amide bonds. The molecule has 2 aliphatic heterocycles. The van der Waals surface area contributed by atoms with Gasteiger partial charge in [0.05, 0.1) is 13.2 Å². The molecule has 0 unspecified atom stereocenters. The lowest BCUT2D eigenvalue weighted by Gasteiger charge is -2.46. The molecule has 2 aliphatic rings. The van der Waals surface area contributed by atoms with Gasteiger partial charge in [0.1, 0.15) is 48.8 Å². The van der Waals surface area contributed by atoms with Crippen molar-refractivity contribution < 1.29 is 54.4 Å². The van der Waals surface area contributed by atoms with E-state index in [1.807, 2.05) is 0 Å². The van der Waals surface area contributed by atoms with E-state index in [1.54, 1.807) is 30.3 Å². The summed E-state index contributed by atoms with van der Waals surface area (Å²) in [6.07, 6.45) is -13.9. The van der Waals surface area contributed by atoms with Gasteiger partial charge in [-0.05, 0) is 12.1 Å². The first-order chi connectivity index (χ1) is 15.3. The van der Waals surface area contributed by atoms with E-state index in [-0.39, 0.29) is 0 Å². The van der Waals surface area contributed by atoms with Gasteiger partial charge in [0.2, 0.25) is 0 Å². The molecule has 0 spiro atoms. The second-order valence-corrected chi connectivity index (χ2v) is 7.61. The first kappa shape index (κ1) is 24.9. The van der Waals surface area contributed by atoms with Crippen molar-refractivity contribution in [3.8, 4) is 0 Å². The lowest BCUT2D eigenvalue weighted by Crippen LogP contribution is -2.66. The Balaban J connectivity index is 1.72. The van der Waals surface area contributed by atoms with E-state index < -0.39 is 80.5 Å². The maximum absolute atomic E-state index is 12.4. The minimum Gasteiger partial charge on any atom is -0.394 e. The van der Waals surface area contributed by atoms with Crippen LogP contribution in [-0.4, -0.2) is 118 Å². The molecule has 7 N–H and O–H groups in total. The molecule has 180 valence electrons. The lowest BCUT2D eigenvalue weighted by molar-refractivity contribution is -0.345. The number of methoxy groups -OCH3 is 1. The number of hydrogen-bond donors (Lipinski definition) is 7. The highest BCUT2D eigenvalue weighted by Crippen LogP contribution is 2.29. The highest BCUT2D eigenvalue weighted by molar-refractivity contribution is 5.94. The van der Waals surface area contributed by atoms with Crippen molar-refractivity contribution in [2.75, 3.05) is 20.3 Å². The zero-order valence-corrected chi connectivity index (χ0v) is 17.3. The summed E-state index contributed by atoms with van der Waals surface area (Å²) in [5.74, 6) is -0.559. The number of amides is 1. The summed E-state index contributed by atoms with van der Waals surface area (Å²) < 4.78 is 21.8. The van der Waals surface area contributed by atoms with Crippen LogP contribution in [0.2, 0.25) is 0 Å². The van der Waals surface area contributed by atoms with Crippen molar-refractivity contribution in [3.05, 3.63) is 35.9 Å². The fourth-order valence-corrected chi connectivity index (χ4v) is 3.75. The highest BCUT2D eigenvalue weighted by atomic mass is 16.7. The number of carbonyl (C=O) groups excluding carboxylic acids is 1. The number of carbonyl (C=O) groups is 1. The van der Waals surface area contributed by atoms with Crippen LogP contribution < -0.4 is 5.32 Å². The minimum atomic E-state index is -1.64. The molecule has 3 rings (SSSR count). The second kappa shape index (κ2) is 10.9. The Hall–Kier alpha value is -1.71. The molecule has 1 aromatic rings. The number of aliphatic hydroxyl groups is 6. The molecule has 2 fully saturated rings. The van der Waals surface area contributed by atoms with Gasteiger partial charge < -0.3 is 54.9 Å². The number of hydrogen-bond acceptors (Lipinski definition) is 11. The predicted octanol–water partition coefficient (Wildman–Crippen LogP) is -3.31. The third-order valence-corrected chi connectivity index (χ3v) is 5.56. The van der Waals surface area contributed by atoms with Crippen molar-refractivity contribution in [1.29, 1.82) is 0 Å². The fraction of sp³-hybridized carbons (Fsp3) is 0.650. The monoisotopic (exact) mass is 459 g/mol. The van der Waals surface area contributed by atoms with Gasteiger partial charge in [0.25, 0.3) is 5.91 Å². The SMILES string of the molecule is CO[C@H]1[C@@H](O[C@@H]2[C@H](O)[C@@H](O)[C@H](NC(=O)c3ccccc3)O[C@@H]2CO)O[C@H](CO)[C@H](O)[C@@H]1O. The van der Waals surface area contributed by atoms with E-state index in [1.165, 1.54) is 7.11 Å². The van der Waals surface area contributed by atoms with E-state index in [9.17, 15) is 35.4 Å². The molecule has 1 aromatic carbocycles. The quantitative estimate of drug-likeness (QED) is 0.216. The van der Waals surface area contributed by atoms with Crippen LogP contribution in [0.5, 0.6) is 0 Å². The highest BCUT2D eigenvalue weighted by Gasteiger charge is 2.51. The molecular weight excluding hydrogens is 430 g/mol. The molecular formula is C20H29NO11. The predicted molar refractivity (Wildman–Crippen MR) is 105 cm³/mol. The Morgan fingerprint density at radius 1 is 0.906 bits per heavy atom. The van der Waals surface area contributed by atoms with Crippen LogP contribution in [-0.2, 0) is 18.9 Å². The van der Waals surface area contributed by atoms with Gasteiger partial charge in [-0.2, -0.15) is 0 Å². The third kappa shape index (κ3) is 5.10. The van der Waals surface area contributed by atoms with Crippen LogP contribution >= 0.6 is 0 Å². The zero-order chi connectivity index (χ0) is 23.4. The molecule has 0 saturated carbocycles. The van der Waals surface area contributed by atoms with Crippen molar-refractivity contribution >= 4 is 5.91 Å². The lowest BCUT2D eigenvalue weighted by atomic mass is 9.96. The molecule has 0 aliphatic carbocycles. The summed E-state index contributed by atoms with van der Waals surface area (Å²) in [6, 6.07) is 8.15. The number of aliphatic hydroxyl groups excluding tert-OH is 6. The number of nitrogens with one attached hydrogen (secondary N) is 1. The largest absolute Gasteiger partial charge is 0.394 e. The van der Waals surface area contributed by atoms with E-state index in [0.717, 1.165) is 0 Å². The van der Waals surface area contributed by atoms with Gasteiger partial charge in [-0.3, -0.25) is 4.79 Å². The van der Waals surface area contributed by atoms with Crippen LogP contribution in [0.15, 0.2) is 30.3 Å². The van der Waals surface area contributed by atoms with Crippen molar-refractivity contribution in [2.24, 2.45) is 0 Å². The molecule has 0 bridgehead atoms. The minimum absolute atomic E-state index is 0.304. The van der Waals surface area contributed by atoms with E-state index in [2.05, 4.69) is 5.32 Å². The maximum Gasteiger partial charge on any atom is 0.253 e. The van der Waals surface area contributed by atoms with Gasteiger partial charge in [-0.25, -0.2) is 0 Å². The van der Waals surface area contributed by atoms with Crippen LogP contribution in [0.1, 0.15) is 10.4 Å². The topological polar surface area (TPSA) is 187 Å². The summed E-state index contributed by atoms with van der Waals surface area (Å²) >= 11 is 0. The molecule has 0 radical (unpaired) electrons. The zero-order valence-electron chi connectivity index (χ0n) is 17.3. The summed E-state index contributed by atoms with van der Waals surface area (Å²) in [5, 5.41) is 63.0. The molecule has 32 heavy (non-hydrogen) atoms. The van der Waals surface area contributed by atoms with Gasteiger partial charge in [-0.15, -0.1) is 0 Å². The molecule has 2 saturated heterocycles. The summed E-state index contributed by atoms with van der Waals surface area (Å²) in [7, 11) is 1.24.